The van der Waals surface area contributed by atoms with Crippen molar-refractivity contribution in [2.24, 2.45) is 0 Å². The third-order valence-corrected chi connectivity index (χ3v) is 2.97. The predicted molar refractivity (Wildman–Crippen MR) is 83.8 cm³/mol. The Kier molecular flexibility index (Phi) is 4.37. The van der Waals surface area contributed by atoms with Crippen molar-refractivity contribution in [1.29, 1.82) is 0 Å². The Balaban J connectivity index is 2.18. The quantitative estimate of drug-likeness (QED) is 0.402. The molecule has 0 saturated heterocycles. The number of esters is 1. The third-order valence-electron chi connectivity index (χ3n) is 2.97. The molecule has 2 N–H and O–H groups in total. The Hall–Kier alpha value is -3.06. The summed E-state index contributed by atoms with van der Waals surface area (Å²) in [5.74, 6) is -0.356. The number of hydrogen-bond donors (Lipinski definition) is 1. The lowest BCUT2D eigenvalue weighted by molar-refractivity contribution is 0.0601. The van der Waals surface area contributed by atoms with Gasteiger partial charge in [0, 0.05) is 5.69 Å². The standard InChI is InChI=1S/C17H14N2O2/c1-19-16-11-13(7-10-15(16)18)4-3-12-5-8-14(9-6-12)17(20)21-2/h3-11H,18H2,2H3. The number of rotatable bonds is 3. The van der Waals surface area contributed by atoms with Crippen LogP contribution in [-0.2, 0) is 4.74 Å². The van der Waals surface area contributed by atoms with Crippen LogP contribution in [0.4, 0.5) is 11.4 Å². The summed E-state index contributed by atoms with van der Waals surface area (Å²) in [6.07, 6.45) is 3.79. The van der Waals surface area contributed by atoms with Crippen molar-refractivity contribution < 1.29 is 9.53 Å². The highest BCUT2D eigenvalue weighted by Crippen LogP contribution is 2.24. The van der Waals surface area contributed by atoms with Crippen LogP contribution in [0.5, 0.6) is 0 Å². The maximum Gasteiger partial charge on any atom is 0.337 e. The molecule has 0 unspecified atom stereocenters. The van der Waals surface area contributed by atoms with Crippen molar-refractivity contribution in [2.75, 3.05) is 12.8 Å². The van der Waals surface area contributed by atoms with E-state index in [-0.39, 0.29) is 5.97 Å². The van der Waals surface area contributed by atoms with E-state index in [0.717, 1.165) is 11.1 Å². The van der Waals surface area contributed by atoms with Crippen LogP contribution in [0, 0.1) is 6.57 Å². The number of carbonyl (C=O) groups excluding carboxylic acids is 1. The average Bonchev–Trinajstić information content (AvgIpc) is 2.53. The lowest BCUT2D eigenvalue weighted by Crippen LogP contribution is -2.00. The molecule has 4 heteroatoms. The van der Waals surface area contributed by atoms with E-state index >= 15 is 0 Å². The smallest absolute Gasteiger partial charge is 0.337 e. The number of nitrogen functional groups attached to an aromatic ring is 1. The van der Waals surface area contributed by atoms with Crippen molar-refractivity contribution in [3.05, 3.63) is 70.6 Å². The van der Waals surface area contributed by atoms with Crippen LogP contribution in [-0.4, -0.2) is 13.1 Å². The Labute approximate surface area is 123 Å². The van der Waals surface area contributed by atoms with Gasteiger partial charge in [0.1, 0.15) is 0 Å². The maximum atomic E-state index is 11.3. The lowest BCUT2D eigenvalue weighted by Gasteiger charge is -2.01. The fourth-order valence-electron chi connectivity index (χ4n) is 1.80. The molecule has 0 aliphatic carbocycles. The largest absolute Gasteiger partial charge is 0.465 e. The van der Waals surface area contributed by atoms with Crippen molar-refractivity contribution >= 4 is 29.5 Å². The van der Waals surface area contributed by atoms with Gasteiger partial charge in [-0.05, 0) is 35.4 Å². The first kappa shape index (κ1) is 14.4. The minimum absolute atomic E-state index is 0.356. The van der Waals surface area contributed by atoms with Crippen LogP contribution in [0.1, 0.15) is 21.5 Å². The molecule has 0 aliphatic rings. The zero-order valence-electron chi connectivity index (χ0n) is 11.5. The molecular formula is C17H14N2O2. The molecule has 0 aromatic heterocycles. The normalized spacial score (nSPS) is 10.3. The molecule has 104 valence electrons. The first-order chi connectivity index (χ1) is 10.1. The summed E-state index contributed by atoms with van der Waals surface area (Å²) >= 11 is 0. The topological polar surface area (TPSA) is 56.7 Å². The van der Waals surface area contributed by atoms with Gasteiger partial charge in [-0.1, -0.05) is 30.4 Å². The summed E-state index contributed by atoms with van der Waals surface area (Å²) in [4.78, 5) is 14.7. The molecule has 21 heavy (non-hydrogen) atoms. The molecule has 0 saturated carbocycles. The summed E-state index contributed by atoms with van der Waals surface area (Å²) in [5, 5.41) is 0. The van der Waals surface area contributed by atoms with E-state index in [9.17, 15) is 4.79 Å². The van der Waals surface area contributed by atoms with Crippen molar-refractivity contribution in [2.45, 2.75) is 0 Å². The number of nitrogens with two attached hydrogens (primary N) is 1. The molecule has 4 nitrogen and oxygen atoms in total. The van der Waals surface area contributed by atoms with Crippen LogP contribution in [0.15, 0.2) is 42.5 Å². The molecule has 2 aromatic rings. The van der Waals surface area contributed by atoms with Gasteiger partial charge in [0.15, 0.2) is 0 Å². The molecule has 0 aliphatic heterocycles. The fraction of sp³-hybridized carbons (Fsp3) is 0.0588. The number of benzene rings is 2. The van der Waals surface area contributed by atoms with Gasteiger partial charge in [0.25, 0.3) is 0 Å². The van der Waals surface area contributed by atoms with E-state index in [4.69, 9.17) is 12.3 Å². The Morgan fingerprint density at radius 1 is 1.14 bits per heavy atom. The maximum absolute atomic E-state index is 11.3. The number of nitrogens with zero attached hydrogens (tertiary/aromatic N) is 1. The second kappa shape index (κ2) is 6.40. The van der Waals surface area contributed by atoms with Crippen molar-refractivity contribution in [3.63, 3.8) is 0 Å². The molecule has 0 bridgehead atoms. The van der Waals surface area contributed by atoms with Gasteiger partial charge >= 0.3 is 5.97 Å². The monoisotopic (exact) mass is 278 g/mol. The SMILES string of the molecule is [C-]#[N+]c1cc(C=Cc2ccc(C(=O)OC)cc2)ccc1N. The second-order valence-corrected chi connectivity index (χ2v) is 4.38. The zero-order valence-corrected chi connectivity index (χ0v) is 11.5. The first-order valence-electron chi connectivity index (χ1n) is 6.27. The van der Waals surface area contributed by atoms with E-state index in [1.165, 1.54) is 7.11 Å². The number of carbonyl (C=O) groups is 1. The minimum Gasteiger partial charge on any atom is -0.465 e. The van der Waals surface area contributed by atoms with Crippen LogP contribution < -0.4 is 5.73 Å². The van der Waals surface area contributed by atoms with Gasteiger partial charge in [-0.15, -0.1) is 0 Å². The van der Waals surface area contributed by atoms with Crippen LogP contribution >= 0.6 is 0 Å². The lowest BCUT2D eigenvalue weighted by atomic mass is 10.1. The van der Waals surface area contributed by atoms with E-state index in [0.29, 0.717) is 16.9 Å². The summed E-state index contributed by atoms with van der Waals surface area (Å²) in [5.41, 5.74) is 8.96. The van der Waals surface area contributed by atoms with Gasteiger partial charge in [0.2, 0.25) is 5.69 Å². The van der Waals surface area contributed by atoms with Crippen molar-refractivity contribution in [3.8, 4) is 0 Å². The summed E-state index contributed by atoms with van der Waals surface area (Å²) < 4.78 is 4.65. The van der Waals surface area contributed by atoms with Gasteiger partial charge in [0.05, 0.1) is 19.2 Å². The van der Waals surface area contributed by atoms with Crippen LogP contribution in [0.2, 0.25) is 0 Å². The first-order valence-corrected chi connectivity index (χ1v) is 6.27. The van der Waals surface area contributed by atoms with Gasteiger partial charge < -0.3 is 10.5 Å². The minimum atomic E-state index is -0.356. The van der Waals surface area contributed by atoms with E-state index < -0.39 is 0 Å². The fourth-order valence-corrected chi connectivity index (χ4v) is 1.80. The van der Waals surface area contributed by atoms with E-state index in [1.807, 2.05) is 30.4 Å². The second-order valence-electron chi connectivity index (χ2n) is 4.38. The van der Waals surface area contributed by atoms with Crippen molar-refractivity contribution in [1.82, 2.24) is 0 Å². The molecule has 0 spiro atoms. The number of anilines is 1. The highest BCUT2D eigenvalue weighted by molar-refractivity contribution is 5.89. The molecule has 0 atom stereocenters. The third kappa shape index (κ3) is 3.48. The average molecular weight is 278 g/mol. The van der Waals surface area contributed by atoms with Crippen LogP contribution in [0.25, 0.3) is 17.0 Å². The predicted octanol–water partition coefficient (Wildman–Crippen LogP) is 3.78. The summed E-state index contributed by atoms with van der Waals surface area (Å²) in [6, 6.07) is 12.4. The number of ether oxygens (including phenoxy) is 1. The summed E-state index contributed by atoms with van der Waals surface area (Å²) in [6.45, 7) is 7.04. The van der Waals surface area contributed by atoms with E-state index in [2.05, 4.69) is 9.58 Å². The van der Waals surface area contributed by atoms with Crippen LogP contribution in [0.3, 0.4) is 0 Å². The Morgan fingerprint density at radius 3 is 2.38 bits per heavy atom. The molecule has 0 amide bonds. The summed E-state index contributed by atoms with van der Waals surface area (Å²) in [7, 11) is 1.35. The molecule has 0 fully saturated rings. The Morgan fingerprint density at radius 2 is 1.76 bits per heavy atom. The molecule has 2 rings (SSSR count). The van der Waals surface area contributed by atoms with E-state index in [1.54, 1.807) is 24.3 Å². The molecule has 0 heterocycles. The van der Waals surface area contributed by atoms with Gasteiger partial charge in [-0.2, -0.15) is 0 Å². The molecular weight excluding hydrogens is 264 g/mol. The Bertz CT molecular complexity index is 725. The zero-order chi connectivity index (χ0) is 15.2. The van der Waals surface area contributed by atoms with Gasteiger partial charge in [-0.3, -0.25) is 0 Å². The number of methoxy groups -OCH3 is 1. The van der Waals surface area contributed by atoms with Gasteiger partial charge in [-0.25, -0.2) is 9.64 Å². The molecule has 2 aromatic carbocycles. The highest BCUT2D eigenvalue weighted by Gasteiger charge is 2.03. The highest BCUT2D eigenvalue weighted by atomic mass is 16.5. The molecule has 0 radical (unpaired) electrons. The number of hydrogen-bond acceptors (Lipinski definition) is 3.